The van der Waals surface area contributed by atoms with Crippen molar-refractivity contribution in [2.45, 2.75) is 77.8 Å². The van der Waals surface area contributed by atoms with Gasteiger partial charge in [-0.05, 0) is 63.5 Å². The number of nitrogens with zero attached hydrogens (tertiary/aromatic N) is 1. The van der Waals surface area contributed by atoms with Crippen LogP contribution in [-0.4, -0.2) is 37.1 Å². The van der Waals surface area contributed by atoms with Crippen LogP contribution in [0.1, 0.15) is 65.7 Å². The molecule has 1 saturated heterocycles. The molecule has 2 rings (SSSR count). The highest BCUT2D eigenvalue weighted by Crippen LogP contribution is 2.36. The maximum absolute atomic E-state index is 3.96. The molecule has 1 aliphatic heterocycles. The Kier molecular flexibility index (Phi) is 5.30. The number of likely N-dealkylation sites (tertiary alicyclic amines) is 1. The highest BCUT2D eigenvalue weighted by molar-refractivity contribution is 4.85. The van der Waals surface area contributed by atoms with Crippen molar-refractivity contribution in [2.75, 3.05) is 20.1 Å². The maximum Gasteiger partial charge on any atom is 0.0197 e. The summed E-state index contributed by atoms with van der Waals surface area (Å²) in [7, 11) is 2.26. The van der Waals surface area contributed by atoms with Crippen molar-refractivity contribution in [1.29, 1.82) is 0 Å². The van der Waals surface area contributed by atoms with Gasteiger partial charge in [-0.2, -0.15) is 0 Å². The van der Waals surface area contributed by atoms with Crippen molar-refractivity contribution in [1.82, 2.24) is 10.2 Å². The van der Waals surface area contributed by atoms with Crippen LogP contribution < -0.4 is 5.32 Å². The lowest BCUT2D eigenvalue weighted by molar-refractivity contribution is 0.202. The summed E-state index contributed by atoms with van der Waals surface area (Å²) in [4.78, 5) is 2.48. The van der Waals surface area contributed by atoms with Crippen molar-refractivity contribution in [3.63, 3.8) is 0 Å². The molecule has 2 aliphatic rings. The third-order valence-electron chi connectivity index (χ3n) is 5.29. The molecule has 0 radical (unpaired) electrons. The maximum atomic E-state index is 3.96. The van der Waals surface area contributed by atoms with Crippen LogP contribution in [0.2, 0.25) is 0 Å². The molecule has 19 heavy (non-hydrogen) atoms. The first kappa shape index (κ1) is 15.3. The van der Waals surface area contributed by atoms with Crippen molar-refractivity contribution >= 4 is 0 Å². The van der Waals surface area contributed by atoms with Crippen LogP contribution in [0.3, 0.4) is 0 Å². The average molecular weight is 266 g/mol. The summed E-state index contributed by atoms with van der Waals surface area (Å²) in [5.74, 6) is 0.924. The molecule has 0 spiro atoms. The highest BCUT2D eigenvalue weighted by atomic mass is 15.1. The molecule has 0 aromatic heterocycles. The van der Waals surface area contributed by atoms with Crippen molar-refractivity contribution in [2.24, 2.45) is 11.3 Å². The second kappa shape index (κ2) is 6.58. The van der Waals surface area contributed by atoms with Crippen LogP contribution in [-0.2, 0) is 0 Å². The summed E-state index contributed by atoms with van der Waals surface area (Å²) in [5, 5.41) is 3.96. The molecule has 0 amide bonds. The van der Waals surface area contributed by atoms with Crippen LogP contribution in [0.25, 0.3) is 0 Å². The number of hydrogen-bond donors (Lipinski definition) is 1. The van der Waals surface area contributed by atoms with Gasteiger partial charge in [-0.15, -0.1) is 0 Å². The minimum Gasteiger partial charge on any atom is -0.310 e. The van der Waals surface area contributed by atoms with E-state index in [-0.39, 0.29) is 0 Å². The molecule has 3 atom stereocenters. The van der Waals surface area contributed by atoms with E-state index in [1.54, 1.807) is 0 Å². The molecule has 2 nitrogen and oxygen atoms in total. The first-order valence-electron chi connectivity index (χ1n) is 8.40. The smallest absolute Gasteiger partial charge is 0.0197 e. The number of nitrogens with one attached hydrogen (secondary N) is 1. The van der Waals surface area contributed by atoms with Gasteiger partial charge in [-0.3, -0.25) is 0 Å². The fourth-order valence-electron chi connectivity index (χ4n) is 3.97. The van der Waals surface area contributed by atoms with Gasteiger partial charge in [0.1, 0.15) is 0 Å². The second-order valence-electron chi connectivity index (χ2n) is 8.04. The molecular weight excluding hydrogens is 232 g/mol. The van der Waals surface area contributed by atoms with E-state index in [2.05, 4.69) is 38.0 Å². The molecule has 2 fully saturated rings. The molecule has 1 saturated carbocycles. The van der Waals surface area contributed by atoms with Crippen molar-refractivity contribution in [3.8, 4) is 0 Å². The Balaban J connectivity index is 1.79. The molecular formula is C17H34N2. The Hall–Kier alpha value is -0.0800. The molecule has 2 heteroatoms. The summed E-state index contributed by atoms with van der Waals surface area (Å²) < 4.78 is 0. The summed E-state index contributed by atoms with van der Waals surface area (Å²) in [6, 6.07) is 1.53. The molecule has 1 aliphatic carbocycles. The van der Waals surface area contributed by atoms with Gasteiger partial charge in [0.05, 0.1) is 0 Å². The Labute approximate surface area is 120 Å². The Bertz CT molecular complexity index is 269. The molecule has 1 N–H and O–H groups in total. The molecule has 3 unspecified atom stereocenters. The lowest BCUT2D eigenvalue weighted by Gasteiger charge is -2.33. The van der Waals surface area contributed by atoms with Gasteiger partial charge in [0.25, 0.3) is 0 Å². The Morgan fingerprint density at radius 2 is 1.63 bits per heavy atom. The van der Waals surface area contributed by atoms with Gasteiger partial charge in [0, 0.05) is 18.6 Å². The summed E-state index contributed by atoms with van der Waals surface area (Å²) >= 11 is 0. The fourth-order valence-corrected chi connectivity index (χ4v) is 3.97. The number of piperidine rings is 1. The van der Waals surface area contributed by atoms with Gasteiger partial charge in [-0.25, -0.2) is 0 Å². The predicted molar refractivity (Wildman–Crippen MR) is 83.5 cm³/mol. The Morgan fingerprint density at radius 3 is 2.32 bits per heavy atom. The van der Waals surface area contributed by atoms with E-state index >= 15 is 0 Å². The number of rotatable bonds is 2. The third kappa shape index (κ3) is 4.75. The standard InChI is InChI=1S/C17H34N2/c1-17(2,3)14-7-5-8-15(11-10-14)18-16-9-6-12-19(4)13-16/h14-16,18H,5-13H2,1-4H3. The average Bonchev–Trinajstić information content (AvgIpc) is 2.54. The Morgan fingerprint density at radius 1 is 0.895 bits per heavy atom. The van der Waals surface area contributed by atoms with Gasteiger partial charge in [0.2, 0.25) is 0 Å². The van der Waals surface area contributed by atoms with Crippen LogP contribution in [0.15, 0.2) is 0 Å². The van der Waals surface area contributed by atoms with Crippen LogP contribution in [0, 0.1) is 11.3 Å². The van der Waals surface area contributed by atoms with E-state index in [1.807, 2.05) is 0 Å². The normalized spacial score (nSPS) is 35.1. The highest BCUT2D eigenvalue weighted by Gasteiger charge is 2.29. The summed E-state index contributed by atoms with van der Waals surface area (Å²) in [5.41, 5.74) is 0.500. The number of hydrogen-bond acceptors (Lipinski definition) is 2. The van der Waals surface area contributed by atoms with E-state index in [4.69, 9.17) is 0 Å². The largest absolute Gasteiger partial charge is 0.310 e. The topological polar surface area (TPSA) is 15.3 Å². The lowest BCUT2D eigenvalue weighted by atomic mass is 9.76. The summed E-state index contributed by atoms with van der Waals surface area (Å²) in [6.45, 7) is 9.79. The van der Waals surface area contributed by atoms with Crippen molar-refractivity contribution in [3.05, 3.63) is 0 Å². The van der Waals surface area contributed by atoms with Gasteiger partial charge < -0.3 is 10.2 Å². The SMILES string of the molecule is CN1CCCC(NC2CCCC(C(C)(C)C)CC2)C1. The van der Waals surface area contributed by atoms with E-state index in [9.17, 15) is 0 Å². The zero-order chi connectivity index (χ0) is 13.9. The van der Waals surface area contributed by atoms with Gasteiger partial charge >= 0.3 is 0 Å². The van der Waals surface area contributed by atoms with E-state index in [0.29, 0.717) is 5.41 Å². The second-order valence-corrected chi connectivity index (χ2v) is 8.04. The predicted octanol–water partition coefficient (Wildman–Crippen LogP) is 3.67. The molecule has 0 bridgehead atoms. The van der Waals surface area contributed by atoms with Crippen LogP contribution in [0.4, 0.5) is 0 Å². The molecule has 1 heterocycles. The van der Waals surface area contributed by atoms with Crippen molar-refractivity contribution < 1.29 is 0 Å². The molecule has 0 aromatic rings. The first-order chi connectivity index (χ1) is 8.95. The fraction of sp³-hybridized carbons (Fsp3) is 1.00. The zero-order valence-corrected chi connectivity index (χ0v) is 13.5. The van der Waals surface area contributed by atoms with Crippen LogP contribution in [0.5, 0.6) is 0 Å². The third-order valence-corrected chi connectivity index (χ3v) is 5.29. The summed E-state index contributed by atoms with van der Waals surface area (Å²) in [6.07, 6.45) is 9.81. The molecule has 112 valence electrons. The van der Waals surface area contributed by atoms with E-state index < -0.39 is 0 Å². The van der Waals surface area contributed by atoms with E-state index in [1.165, 1.54) is 58.0 Å². The minimum absolute atomic E-state index is 0.500. The van der Waals surface area contributed by atoms with Gasteiger partial charge in [0.15, 0.2) is 0 Å². The minimum atomic E-state index is 0.500. The van der Waals surface area contributed by atoms with Gasteiger partial charge in [-0.1, -0.05) is 27.2 Å². The molecule has 0 aromatic carbocycles. The first-order valence-corrected chi connectivity index (χ1v) is 8.40. The monoisotopic (exact) mass is 266 g/mol. The lowest BCUT2D eigenvalue weighted by Crippen LogP contribution is -2.47. The number of likely N-dealkylation sites (N-methyl/N-ethyl adjacent to an activating group) is 1. The van der Waals surface area contributed by atoms with Crippen LogP contribution >= 0.6 is 0 Å². The quantitative estimate of drug-likeness (QED) is 0.767. The van der Waals surface area contributed by atoms with E-state index in [0.717, 1.165) is 18.0 Å². The zero-order valence-electron chi connectivity index (χ0n) is 13.5.